The lowest BCUT2D eigenvalue weighted by atomic mass is 10.1. The summed E-state index contributed by atoms with van der Waals surface area (Å²) in [4.78, 5) is 12.1. The summed E-state index contributed by atoms with van der Waals surface area (Å²) in [7, 11) is 0. The maximum Gasteiger partial charge on any atom is 0.310 e. The number of hydrogen-bond donors (Lipinski definition) is 0. The SMILES string of the molecule is Cc1noc(C)c1COc1ccc(CC(=O)OCc2nnc(-c3ccccc3)o2)cc1. The lowest BCUT2D eigenvalue weighted by Crippen LogP contribution is -2.08. The quantitative estimate of drug-likeness (QED) is 0.392. The van der Waals surface area contributed by atoms with Crippen LogP contribution >= 0.6 is 0 Å². The fraction of sp³-hybridized carbons (Fsp3) is 0.217. The zero-order chi connectivity index (χ0) is 21.6. The van der Waals surface area contributed by atoms with Gasteiger partial charge in [0.05, 0.1) is 17.7 Å². The number of esters is 1. The predicted molar refractivity (Wildman–Crippen MR) is 110 cm³/mol. The highest BCUT2D eigenvalue weighted by molar-refractivity contribution is 5.72. The third-order valence-electron chi connectivity index (χ3n) is 4.68. The van der Waals surface area contributed by atoms with Crippen molar-refractivity contribution in [2.75, 3.05) is 0 Å². The van der Waals surface area contributed by atoms with Gasteiger partial charge in [0.2, 0.25) is 5.89 Å². The Morgan fingerprint density at radius 1 is 0.968 bits per heavy atom. The fourth-order valence-corrected chi connectivity index (χ4v) is 2.94. The van der Waals surface area contributed by atoms with E-state index in [1.165, 1.54) is 0 Å². The second-order valence-electron chi connectivity index (χ2n) is 6.94. The van der Waals surface area contributed by atoms with E-state index in [1.54, 1.807) is 0 Å². The zero-order valence-corrected chi connectivity index (χ0v) is 17.2. The molecule has 0 unspecified atom stereocenters. The second kappa shape index (κ2) is 9.25. The summed E-state index contributed by atoms with van der Waals surface area (Å²) in [5, 5.41) is 11.8. The molecule has 0 atom stereocenters. The molecule has 2 aromatic carbocycles. The molecular weight excluding hydrogens is 398 g/mol. The number of ether oxygens (including phenoxy) is 2. The van der Waals surface area contributed by atoms with Crippen LogP contribution in [0.4, 0.5) is 0 Å². The Bertz CT molecular complexity index is 1130. The van der Waals surface area contributed by atoms with Gasteiger partial charge in [0, 0.05) is 5.56 Å². The number of aromatic nitrogens is 3. The summed E-state index contributed by atoms with van der Waals surface area (Å²) >= 11 is 0. The van der Waals surface area contributed by atoms with Crippen molar-refractivity contribution in [3.63, 3.8) is 0 Å². The van der Waals surface area contributed by atoms with E-state index >= 15 is 0 Å². The minimum absolute atomic E-state index is 0.0721. The largest absolute Gasteiger partial charge is 0.489 e. The number of carbonyl (C=O) groups excluding carboxylic acids is 1. The number of benzene rings is 2. The molecule has 0 saturated carbocycles. The number of hydrogen-bond acceptors (Lipinski definition) is 8. The van der Waals surface area contributed by atoms with Crippen LogP contribution in [-0.4, -0.2) is 21.3 Å². The first-order valence-electron chi connectivity index (χ1n) is 9.75. The molecular formula is C23H21N3O5. The molecule has 0 aliphatic rings. The van der Waals surface area contributed by atoms with Gasteiger partial charge in [0.15, 0.2) is 6.61 Å². The minimum Gasteiger partial charge on any atom is -0.489 e. The highest BCUT2D eigenvalue weighted by Crippen LogP contribution is 2.19. The lowest BCUT2D eigenvalue weighted by Gasteiger charge is -2.07. The van der Waals surface area contributed by atoms with E-state index in [9.17, 15) is 4.79 Å². The van der Waals surface area contributed by atoms with Crippen LogP contribution in [0.15, 0.2) is 63.5 Å². The lowest BCUT2D eigenvalue weighted by molar-refractivity contribution is -0.144. The monoisotopic (exact) mass is 419 g/mol. The maximum absolute atomic E-state index is 12.1. The molecule has 4 aromatic rings. The van der Waals surface area contributed by atoms with Gasteiger partial charge >= 0.3 is 5.97 Å². The molecule has 8 nitrogen and oxygen atoms in total. The average molecular weight is 419 g/mol. The van der Waals surface area contributed by atoms with E-state index < -0.39 is 0 Å². The van der Waals surface area contributed by atoms with Crippen LogP contribution in [0.25, 0.3) is 11.5 Å². The van der Waals surface area contributed by atoms with E-state index in [2.05, 4.69) is 15.4 Å². The van der Waals surface area contributed by atoms with Crippen molar-refractivity contribution < 1.29 is 23.2 Å². The summed E-state index contributed by atoms with van der Waals surface area (Å²) in [5.41, 5.74) is 3.37. The fourth-order valence-electron chi connectivity index (χ4n) is 2.94. The molecule has 0 spiro atoms. The highest BCUT2D eigenvalue weighted by Gasteiger charge is 2.12. The normalized spacial score (nSPS) is 10.8. The topological polar surface area (TPSA) is 100 Å². The highest BCUT2D eigenvalue weighted by atomic mass is 16.5. The molecule has 0 amide bonds. The molecule has 0 N–H and O–H groups in total. The van der Waals surface area contributed by atoms with Crippen LogP contribution in [0.1, 0.15) is 28.5 Å². The van der Waals surface area contributed by atoms with Crippen molar-refractivity contribution >= 4 is 5.97 Å². The van der Waals surface area contributed by atoms with E-state index in [1.807, 2.05) is 68.4 Å². The predicted octanol–water partition coefficient (Wildman–Crippen LogP) is 4.21. The van der Waals surface area contributed by atoms with Crippen LogP contribution < -0.4 is 4.74 Å². The molecule has 0 fully saturated rings. The van der Waals surface area contributed by atoms with Gasteiger partial charge in [0.1, 0.15) is 18.1 Å². The van der Waals surface area contributed by atoms with Crippen molar-refractivity contribution in [1.82, 2.24) is 15.4 Å². The van der Waals surface area contributed by atoms with Crippen molar-refractivity contribution in [1.29, 1.82) is 0 Å². The van der Waals surface area contributed by atoms with Crippen molar-refractivity contribution in [2.24, 2.45) is 0 Å². The summed E-state index contributed by atoms with van der Waals surface area (Å²) in [6, 6.07) is 16.7. The Labute approximate surface area is 178 Å². The molecule has 2 heterocycles. The van der Waals surface area contributed by atoms with Gasteiger partial charge in [-0.05, 0) is 43.7 Å². The summed E-state index contributed by atoms with van der Waals surface area (Å²) in [6.07, 6.45) is 0.129. The third-order valence-corrected chi connectivity index (χ3v) is 4.68. The molecule has 0 bridgehead atoms. The van der Waals surface area contributed by atoms with Crippen LogP contribution in [0.5, 0.6) is 5.75 Å². The third kappa shape index (κ3) is 5.16. The molecule has 31 heavy (non-hydrogen) atoms. The molecule has 4 rings (SSSR count). The standard InChI is InChI=1S/C23H21N3O5/c1-15-20(16(2)31-26-15)13-28-19-10-8-17(9-11-19)12-22(27)29-14-21-24-25-23(30-21)18-6-4-3-5-7-18/h3-11H,12-14H2,1-2H3. The van der Waals surface area contributed by atoms with Gasteiger partial charge in [-0.2, -0.15) is 0 Å². The first kappa shape index (κ1) is 20.3. The molecule has 0 radical (unpaired) electrons. The van der Waals surface area contributed by atoms with Crippen LogP contribution in [-0.2, 0) is 29.2 Å². The summed E-state index contributed by atoms with van der Waals surface area (Å²) in [6.45, 7) is 4.03. The van der Waals surface area contributed by atoms with Crippen molar-refractivity contribution in [2.45, 2.75) is 33.5 Å². The second-order valence-corrected chi connectivity index (χ2v) is 6.94. The first-order valence-corrected chi connectivity index (χ1v) is 9.75. The van der Waals surface area contributed by atoms with E-state index in [0.29, 0.717) is 18.2 Å². The van der Waals surface area contributed by atoms with E-state index in [4.69, 9.17) is 18.4 Å². The number of rotatable bonds is 8. The Kier molecular flexibility index (Phi) is 6.07. The average Bonchev–Trinajstić information content (AvgIpc) is 3.39. The summed E-state index contributed by atoms with van der Waals surface area (Å²) in [5.74, 6) is 1.68. The zero-order valence-electron chi connectivity index (χ0n) is 17.2. The van der Waals surface area contributed by atoms with Gasteiger partial charge in [-0.25, -0.2) is 0 Å². The first-order chi connectivity index (χ1) is 15.1. The van der Waals surface area contributed by atoms with Gasteiger partial charge < -0.3 is 18.4 Å². The van der Waals surface area contributed by atoms with Crippen LogP contribution in [0, 0.1) is 13.8 Å². The van der Waals surface area contributed by atoms with Crippen molar-refractivity contribution in [3.05, 3.63) is 83.1 Å². The van der Waals surface area contributed by atoms with Gasteiger partial charge in [0.25, 0.3) is 5.89 Å². The summed E-state index contributed by atoms with van der Waals surface area (Å²) < 4.78 is 21.7. The molecule has 158 valence electrons. The Balaban J connectivity index is 1.26. The Hall–Kier alpha value is -3.94. The molecule has 0 aliphatic heterocycles. The number of carbonyl (C=O) groups is 1. The van der Waals surface area contributed by atoms with E-state index in [-0.39, 0.29) is 24.9 Å². The smallest absolute Gasteiger partial charge is 0.310 e. The molecule has 0 aliphatic carbocycles. The van der Waals surface area contributed by atoms with Gasteiger partial charge in [-0.15, -0.1) is 10.2 Å². The van der Waals surface area contributed by atoms with Crippen molar-refractivity contribution in [3.8, 4) is 17.2 Å². The Morgan fingerprint density at radius 2 is 1.74 bits per heavy atom. The Morgan fingerprint density at radius 3 is 2.45 bits per heavy atom. The molecule has 8 heteroatoms. The minimum atomic E-state index is -0.385. The van der Waals surface area contributed by atoms with Gasteiger partial charge in [-0.3, -0.25) is 4.79 Å². The number of aryl methyl sites for hydroxylation is 2. The van der Waals surface area contributed by atoms with Crippen LogP contribution in [0.2, 0.25) is 0 Å². The van der Waals surface area contributed by atoms with E-state index in [0.717, 1.165) is 28.1 Å². The van der Waals surface area contributed by atoms with Crippen LogP contribution in [0.3, 0.4) is 0 Å². The molecule has 2 aromatic heterocycles. The number of nitrogens with zero attached hydrogens (tertiary/aromatic N) is 3. The van der Waals surface area contributed by atoms with Gasteiger partial charge in [-0.1, -0.05) is 35.5 Å². The molecule has 0 saturated heterocycles. The maximum atomic E-state index is 12.1.